The molecule has 0 aromatic carbocycles. The summed E-state index contributed by atoms with van der Waals surface area (Å²) in [6.45, 7) is 4.42. The Kier molecular flexibility index (Phi) is 5.94. The summed E-state index contributed by atoms with van der Waals surface area (Å²) in [7, 11) is 0. The molecule has 0 bridgehead atoms. The number of aryl methyl sites for hydroxylation is 1. The van der Waals surface area contributed by atoms with Crippen LogP contribution < -0.4 is 10.6 Å². The number of aliphatic hydroxyl groups excluding tert-OH is 2. The van der Waals surface area contributed by atoms with Crippen LogP contribution in [-0.2, 0) is 0 Å². The standard InChI is InChI=1S/C23H30N6O3S/c1-3-23(32)17(8-14(11-30)19(23)31)28-20-18(21-27-15-10-24-7-6-16(15)33-21)12(2)26-22(29-20)25-9-13-4-5-13/h6-7,10,13-14,17,19,30-32H,3-5,8-9,11H2,1-2H3,(H2,25,26,28,29)/t14-,17-,19-,23?/m1/s1. The summed E-state index contributed by atoms with van der Waals surface area (Å²) in [5, 5.41) is 39.2. The molecule has 2 aliphatic rings. The molecule has 33 heavy (non-hydrogen) atoms. The lowest BCUT2D eigenvalue weighted by atomic mass is 9.91. The molecule has 3 heterocycles. The molecule has 0 radical (unpaired) electrons. The minimum Gasteiger partial charge on any atom is -0.396 e. The Morgan fingerprint density at radius 2 is 2.06 bits per heavy atom. The van der Waals surface area contributed by atoms with Gasteiger partial charge >= 0.3 is 0 Å². The third-order valence-corrected chi connectivity index (χ3v) is 8.01. The van der Waals surface area contributed by atoms with Crippen LogP contribution in [0.1, 0.15) is 38.3 Å². The van der Waals surface area contributed by atoms with Gasteiger partial charge in [0.15, 0.2) is 0 Å². The summed E-state index contributed by atoms with van der Waals surface area (Å²) in [5.74, 6) is 1.36. The maximum Gasteiger partial charge on any atom is 0.224 e. The van der Waals surface area contributed by atoms with E-state index in [1.165, 1.54) is 24.2 Å². The summed E-state index contributed by atoms with van der Waals surface area (Å²) >= 11 is 1.54. The van der Waals surface area contributed by atoms with Gasteiger partial charge in [-0.05, 0) is 44.6 Å². The van der Waals surface area contributed by atoms with Crippen LogP contribution in [0.5, 0.6) is 0 Å². The number of aromatic nitrogens is 4. The predicted molar refractivity (Wildman–Crippen MR) is 128 cm³/mol. The van der Waals surface area contributed by atoms with Crippen molar-refractivity contribution in [3.8, 4) is 10.6 Å². The summed E-state index contributed by atoms with van der Waals surface area (Å²) in [6.07, 6.45) is 5.69. The number of anilines is 2. The number of nitrogens with one attached hydrogen (secondary N) is 2. The molecule has 0 spiro atoms. The Morgan fingerprint density at radius 3 is 2.76 bits per heavy atom. The SMILES string of the molecule is CCC1(O)[C@H](O)[C@@H](CO)C[C@H]1Nc1nc(NCC2CC2)nc(C)c1-c1nc2cnccc2s1. The van der Waals surface area contributed by atoms with Gasteiger partial charge in [-0.3, -0.25) is 4.98 Å². The minimum atomic E-state index is -1.37. The summed E-state index contributed by atoms with van der Waals surface area (Å²) in [5.41, 5.74) is 0.979. The first kappa shape index (κ1) is 22.4. The zero-order valence-electron chi connectivity index (χ0n) is 18.8. The van der Waals surface area contributed by atoms with E-state index in [0.29, 0.717) is 30.5 Å². The van der Waals surface area contributed by atoms with Crippen LogP contribution in [0, 0.1) is 18.8 Å². The number of rotatable bonds is 8. The Hall–Kier alpha value is -2.40. The zero-order chi connectivity index (χ0) is 23.2. The van der Waals surface area contributed by atoms with Crippen LogP contribution in [0.3, 0.4) is 0 Å². The van der Waals surface area contributed by atoms with Crippen molar-refractivity contribution in [3.63, 3.8) is 0 Å². The molecule has 1 unspecified atom stereocenters. The molecule has 0 aliphatic heterocycles. The van der Waals surface area contributed by atoms with Crippen molar-refractivity contribution in [1.29, 1.82) is 0 Å². The first-order valence-electron chi connectivity index (χ1n) is 11.5. The van der Waals surface area contributed by atoms with Gasteiger partial charge in [0.1, 0.15) is 21.9 Å². The van der Waals surface area contributed by atoms with E-state index < -0.39 is 23.7 Å². The first-order chi connectivity index (χ1) is 15.9. The molecule has 5 N–H and O–H groups in total. The normalized spacial score (nSPS) is 27.2. The van der Waals surface area contributed by atoms with Crippen molar-refractivity contribution in [2.24, 2.45) is 11.8 Å². The van der Waals surface area contributed by atoms with Crippen molar-refractivity contribution in [3.05, 3.63) is 24.2 Å². The minimum absolute atomic E-state index is 0.184. The number of hydrogen-bond acceptors (Lipinski definition) is 10. The number of nitrogens with zero attached hydrogens (tertiary/aromatic N) is 4. The number of hydrogen-bond donors (Lipinski definition) is 5. The Morgan fingerprint density at radius 1 is 1.24 bits per heavy atom. The highest BCUT2D eigenvalue weighted by atomic mass is 32.1. The van der Waals surface area contributed by atoms with Crippen molar-refractivity contribution in [2.75, 3.05) is 23.8 Å². The third-order valence-electron chi connectivity index (χ3n) is 6.95. The average Bonchev–Trinajstić information content (AvgIpc) is 3.50. The fourth-order valence-corrected chi connectivity index (χ4v) is 5.72. The van der Waals surface area contributed by atoms with Crippen molar-refractivity contribution < 1.29 is 15.3 Å². The van der Waals surface area contributed by atoms with E-state index in [4.69, 9.17) is 15.0 Å². The first-order valence-corrected chi connectivity index (χ1v) is 12.4. The van der Waals surface area contributed by atoms with Crippen LogP contribution in [0.15, 0.2) is 18.5 Å². The highest BCUT2D eigenvalue weighted by molar-refractivity contribution is 7.21. The van der Waals surface area contributed by atoms with Crippen LogP contribution in [0.2, 0.25) is 0 Å². The maximum absolute atomic E-state index is 11.3. The Balaban J connectivity index is 1.55. The van der Waals surface area contributed by atoms with Gasteiger partial charge in [-0.2, -0.15) is 4.98 Å². The molecule has 0 amide bonds. The van der Waals surface area contributed by atoms with Gasteiger partial charge in [0.05, 0.1) is 34.3 Å². The second-order valence-corrected chi connectivity index (χ2v) is 10.2. The molecule has 9 nitrogen and oxygen atoms in total. The van der Waals surface area contributed by atoms with Gasteiger partial charge in [-0.25, -0.2) is 9.97 Å². The van der Waals surface area contributed by atoms with Crippen LogP contribution in [-0.4, -0.2) is 66.2 Å². The van der Waals surface area contributed by atoms with Crippen LogP contribution in [0.4, 0.5) is 11.8 Å². The zero-order valence-corrected chi connectivity index (χ0v) is 19.6. The Labute approximate surface area is 196 Å². The second-order valence-electron chi connectivity index (χ2n) is 9.21. The molecule has 2 saturated carbocycles. The van der Waals surface area contributed by atoms with E-state index in [0.717, 1.165) is 33.0 Å². The average molecular weight is 471 g/mol. The molecular weight excluding hydrogens is 440 g/mol. The number of thiazole rings is 1. The van der Waals surface area contributed by atoms with Crippen LogP contribution >= 0.6 is 11.3 Å². The summed E-state index contributed by atoms with van der Waals surface area (Å²) < 4.78 is 1.02. The molecule has 176 valence electrons. The molecule has 4 atom stereocenters. The lowest BCUT2D eigenvalue weighted by Gasteiger charge is -2.33. The number of fused-ring (bicyclic) bond motifs is 1. The van der Waals surface area contributed by atoms with Crippen molar-refractivity contribution >= 4 is 33.3 Å². The molecule has 2 aliphatic carbocycles. The largest absolute Gasteiger partial charge is 0.396 e. The molecule has 2 fully saturated rings. The monoisotopic (exact) mass is 470 g/mol. The van der Waals surface area contributed by atoms with E-state index in [1.54, 1.807) is 12.4 Å². The van der Waals surface area contributed by atoms with E-state index >= 15 is 0 Å². The summed E-state index contributed by atoms with van der Waals surface area (Å²) in [4.78, 5) is 18.4. The molecule has 10 heteroatoms. The molecule has 5 rings (SSSR count). The smallest absolute Gasteiger partial charge is 0.224 e. The van der Waals surface area contributed by atoms with Crippen molar-refractivity contribution in [1.82, 2.24) is 19.9 Å². The fraction of sp³-hybridized carbons (Fsp3) is 0.565. The lowest BCUT2D eigenvalue weighted by Crippen LogP contribution is -2.50. The topological polar surface area (TPSA) is 136 Å². The molecule has 3 aromatic rings. The van der Waals surface area contributed by atoms with Crippen LogP contribution in [0.25, 0.3) is 20.8 Å². The number of aliphatic hydroxyl groups is 3. The fourth-order valence-electron chi connectivity index (χ4n) is 4.69. The quantitative estimate of drug-likeness (QED) is 0.336. The predicted octanol–water partition coefficient (Wildman–Crippen LogP) is 2.57. The number of pyridine rings is 1. The van der Waals surface area contributed by atoms with E-state index in [-0.39, 0.29) is 6.61 Å². The van der Waals surface area contributed by atoms with Gasteiger partial charge in [0.25, 0.3) is 0 Å². The van der Waals surface area contributed by atoms with Gasteiger partial charge < -0.3 is 26.0 Å². The Bertz CT molecular complexity index is 1120. The van der Waals surface area contributed by atoms with E-state index in [2.05, 4.69) is 15.6 Å². The lowest BCUT2D eigenvalue weighted by molar-refractivity contribution is -0.0793. The van der Waals surface area contributed by atoms with Gasteiger partial charge in [-0.1, -0.05) is 6.92 Å². The van der Waals surface area contributed by atoms with E-state index in [9.17, 15) is 15.3 Å². The van der Waals surface area contributed by atoms with Crippen molar-refractivity contribution in [2.45, 2.75) is 57.3 Å². The van der Waals surface area contributed by atoms with Gasteiger partial charge in [0, 0.05) is 25.3 Å². The summed E-state index contributed by atoms with van der Waals surface area (Å²) in [6, 6.07) is 1.45. The van der Waals surface area contributed by atoms with E-state index in [1.807, 2.05) is 19.9 Å². The second kappa shape index (κ2) is 8.75. The van der Waals surface area contributed by atoms with Gasteiger partial charge in [0.2, 0.25) is 5.95 Å². The highest BCUT2D eigenvalue weighted by Crippen LogP contribution is 2.42. The van der Waals surface area contributed by atoms with Gasteiger partial charge in [-0.15, -0.1) is 11.3 Å². The highest BCUT2D eigenvalue weighted by Gasteiger charge is 2.52. The molecule has 0 saturated heterocycles. The third kappa shape index (κ3) is 4.16. The maximum atomic E-state index is 11.3. The molecular formula is C23H30N6O3S. The molecule has 3 aromatic heterocycles.